The molecule has 1 aromatic rings. The lowest BCUT2D eigenvalue weighted by Crippen LogP contribution is -2.58. The number of hydrogen-bond donors (Lipinski definition) is 1. The van der Waals surface area contributed by atoms with Gasteiger partial charge in [0.1, 0.15) is 5.82 Å². The summed E-state index contributed by atoms with van der Waals surface area (Å²) in [6, 6.07) is 5.29. The predicted molar refractivity (Wildman–Crippen MR) is 108 cm³/mol. The molecule has 0 aliphatic carbocycles. The van der Waals surface area contributed by atoms with Crippen LogP contribution in [-0.2, 0) is 19.7 Å². The number of benzene rings is 1. The van der Waals surface area contributed by atoms with Gasteiger partial charge in [0, 0.05) is 45.0 Å². The Balaban J connectivity index is 1.56. The van der Waals surface area contributed by atoms with E-state index < -0.39 is 22.1 Å². The molecule has 0 aromatic heterocycles. The van der Waals surface area contributed by atoms with Crippen LogP contribution in [0.5, 0.6) is 0 Å². The van der Waals surface area contributed by atoms with E-state index in [1.165, 1.54) is 26.8 Å². The molecular formula is C19H29FN4O4S. The number of piperazine rings is 1. The molecule has 2 saturated heterocycles. The highest BCUT2D eigenvalue weighted by Crippen LogP contribution is 2.20. The van der Waals surface area contributed by atoms with Crippen LogP contribution in [0.2, 0.25) is 0 Å². The number of carbonyl (C=O) groups excluding carboxylic acids is 1. The molecule has 1 N–H and O–H groups in total. The number of amides is 1. The lowest BCUT2D eigenvalue weighted by atomic mass is 10.2. The van der Waals surface area contributed by atoms with Crippen molar-refractivity contribution in [2.45, 2.75) is 39.0 Å². The summed E-state index contributed by atoms with van der Waals surface area (Å²) in [5.41, 5.74) is 0.402. The largest absolute Gasteiger partial charge is 0.373 e. The van der Waals surface area contributed by atoms with Crippen molar-refractivity contribution in [1.29, 1.82) is 0 Å². The van der Waals surface area contributed by atoms with Gasteiger partial charge in [0.05, 0.1) is 18.2 Å². The Kier molecular flexibility index (Phi) is 6.90. The Labute approximate surface area is 171 Å². The molecule has 162 valence electrons. The van der Waals surface area contributed by atoms with Crippen LogP contribution in [0.25, 0.3) is 0 Å². The maximum absolute atomic E-state index is 13.3. The van der Waals surface area contributed by atoms with Crippen molar-refractivity contribution in [3.8, 4) is 0 Å². The summed E-state index contributed by atoms with van der Waals surface area (Å²) in [5, 5.41) is 2.71. The molecule has 0 spiro atoms. The van der Waals surface area contributed by atoms with Crippen LogP contribution >= 0.6 is 0 Å². The molecular weight excluding hydrogens is 399 g/mol. The van der Waals surface area contributed by atoms with Gasteiger partial charge >= 0.3 is 0 Å². The zero-order valence-electron chi connectivity index (χ0n) is 17.0. The third-order valence-corrected chi connectivity index (χ3v) is 7.30. The molecule has 2 aliphatic rings. The average Bonchev–Trinajstić information content (AvgIpc) is 2.66. The monoisotopic (exact) mass is 428 g/mol. The smallest absolute Gasteiger partial charge is 0.282 e. The Morgan fingerprint density at radius 2 is 1.76 bits per heavy atom. The zero-order valence-corrected chi connectivity index (χ0v) is 17.9. The molecule has 2 aliphatic heterocycles. The first kappa shape index (κ1) is 22.1. The van der Waals surface area contributed by atoms with E-state index in [2.05, 4.69) is 5.32 Å². The third-order valence-electron chi connectivity index (χ3n) is 5.33. The zero-order chi connectivity index (χ0) is 21.2. The topological polar surface area (TPSA) is 82.2 Å². The number of morpholine rings is 1. The fourth-order valence-corrected chi connectivity index (χ4v) is 5.53. The molecule has 3 rings (SSSR count). The summed E-state index contributed by atoms with van der Waals surface area (Å²) < 4.78 is 47.8. The highest BCUT2D eigenvalue weighted by molar-refractivity contribution is 7.86. The van der Waals surface area contributed by atoms with Crippen molar-refractivity contribution in [1.82, 2.24) is 13.5 Å². The Morgan fingerprint density at radius 3 is 2.34 bits per heavy atom. The van der Waals surface area contributed by atoms with Crippen LogP contribution in [-0.4, -0.2) is 85.4 Å². The van der Waals surface area contributed by atoms with Crippen molar-refractivity contribution < 1.29 is 22.3 Å². The van der Waals surface area contributed by atoms with Gasteiger partial charge in [0.15, 0.2) is 0 Å². The minimum absolute atomic E-state index is 0.138. The SMILES string of the molecule is C[C@@H]1CN(S(=O)(=O)N2CCN([C@H](C)C(=O)Nc3cccc(F)c3)CC2)C[C@@H](C)O1. The number of nitrogens with zero attached hydrogens (tertiary/aromatic N) is 3. The Bertz CT molecular complexity index is 819. The summed E-state index contributed by atoms with van der Waals surface area (Å²) in [7, 11) is -3.56. The minimum atomic E-state index is -3.56. The lowest BCUT2D eigenvalue weighted by Gasteiger charge is -2.41. The van der Waals surface area contributed by atoms with E-state index in [1.54, 1.807) is 13.0 Å². The summed E-state index contributed by atoms with van der Waals surface area (Å²) in [6.45, 7) is 7.74. The first-order valence-electron chi connectivity index (χ1n) is 9.88. The van der Waals surface area contributed by atoms with E-state index in [0.29, 0.717) is 45.0 Å². The molecule has 2 heterocycles. The van der Waals surface area contributed by atoms with Gasteiger partial charge < -0.3 is 10.1 Å². The van der Waals surface area contributed by atoms with Crippen molar-refractivity contribution >= 4 is 21.8 Å². The molecule has 0 saturated carbocycles. The van der Waals surface area contributed by atoms with Crippen molar-refractivity contribution in [3.63, 3.8) is 0 Å². The van der Waals surface area contributed by atoms with Gasteiger partial charge in [-0.25, -0.2) is 4.39 Å². The van der Waals surface area contributed by atoms with Gasteiger partial charge in [0.25, 0.3) is 10.2 Å². The van der Waals surface area contributed by atoms with Gasteiger partial charge in [-0.3, -0.25) is 9.69 Å². The molecule has 1 amide bonds. The van der Waals surface area contributed by atoms with Gasteiger partial charge in [-0.05, 0) is 39.0 Å². The fraction of sp³-hybridized carbons (Fsp3) is 0.632. The number of halogens is 1. The van der Waals surface area contributed by atoms with Crippen LogP contribution in [0.15, 0.2) is 24.3 Å². The van der Waals surface area contributed by atoms with E-state index in [4.69, 9.17) is 4.74 Å². The molecule has 0 unspecified atom stereocenters. The number of hydrogen-bond acceptors (Lipinski definition) is 5. The van der Waals surface area contributed by atoms with E-state index >= 15 is 0 Å². The second kappa shape index (κ2) is 9.05. The first-order valence-corrected chi connectivity index (χ1v) is 11.3. The van der Waals surface area contributed by atoms with Gasteiger partial charge in [-0.1, -0.05) is 6.07 Å². The quantitative estimate of drug-likeness (QED) is 0.760. The molecule has 2 fully saturated rings. The first-order chi connectivity index (χ1) is 13.7. The number of rotatable bonds is 5. The summed E-state index contributed by atoms with van der Waals surface area (Å²) in [6.07, 6.45) is -0.275. The molecule has 0 bridgehead atoms. The van der Waals surface area contributed by atoms with Crippen molar-refractivity contribution in [2.24, 2.45) is 0 Å². The maximum atomic E-state index is 13.3. The normalized spacial score (nSPS) is 26.2. The number of nitrogens with one attached hydrogen (secondary N) is 1. The Hall–Kier alpha value is -1.59. The van der Waals surface area contributed by atoms with Crippen LogP contribution < -0.4 is 5.32 Å². The van der Waals surface area contributed by atoms with Crippen LogP contribution in [0.1, 0.15) is 20.8 Å². The molecule has 8 nitrogen and oxygen atoms in total. The molecule has 3 atom stereocenters. The maximum Gasteiger partial charge on any atom is 0.282 e. The van der Waals surface area contributed by atoms with Crippen LogP contribution in [0.4, 0.5) is 10.1 Å². The van der Waals surface area contributed by atoms with E-state index in [0.717, 1.165) is 0 Å². The lowest BCUT2D eigenvalue weighted by molar-refractivity contribution is -0.121. The second-order valence-electron chi connectivity index (χ2n) is 7.69. The van der Waals surface area contributed by atoms with Gasteiger partial charge in [-0.2, -0.15) is 17.0 Å². The highest BCUT2D eigenvalue weighted by Gasteiger charge is 2.37. The summed E-state index contributed by atoms with van der Waals surface area (Å²) >= 11 is 0. The predicted octanol–water partition coefficient (Wildman–Crippen LogP) is 1.12. The fourth-order valence-electron chi connectivity index (χ4n) is 3.78. The highest BCUT2D eigenvalue weighted by atomic mass is 32.2. The van der Waals surface area contributed by atoms with Crippen LogP contribution in [0.3, 0.4) is 0 Å². The summed E-state index contributed by atoms with van der Waals surface area (Å²) in [4.78, 5) is 14.4. The van der Waals surface area contributed by atoms with E-state index in [9.17, 15) is 17.6 Å². The minimum Gasteiger partial charge on any atom is -0.373 e. The number of anilines is 1. The molecule has 29 heavy (non-hydrogen) atoms. The average molecular weight is 429 g/mol. The van der Waals surface area contributed by atoms with Gasteiger partial charge in [0.2, 0.25) is 5.91 Å². The standard InChI is InChI=1S/C19H29FN4O4S/c1-14-12-24(13-15(2)28-14)29(26,27)23-9-7-22(8-10-23)16(3)19(25)21-18-6-4-5-17(20)11-18/h4-6,11,14-16H,7-10,12-13H2,1-3H3,(H,21,25)/t14-,15-,16-/m1/s1. The van der Waals surface area contributed by atoms with Gasteiger partial charge in [-0.15, -0.1) is 0 Å². The molecule has 0 radical (unpaired) electrons. The molecule has 1 aromatic carbocycles. The summed E-state index contributed by atoms with van der Waals surface area (Å²) in [5.74, 6) is -0.663. The van der Waals surface area contributed by atoms with E-state index in [1.807, 2.05) is 18.7 Å². The third kappa shape index (κ3) is 5.32. The molecule has 10 heteroatoms. The van der Waals surface area contributed by atoms with Crippen LogP contribution in [0, 0.1) is 5.82 Å². The van der Waals surface area contributed by atoms with E-state index in [-0.39, 0.29) is 18.1 Å². The second-order valence-corrected chi connectivity index (χ2v) is 9.62. The van der Waals surface area contributed by atoms with Crippen molar-refractivity contribution in [3.05, 3.63) is 30.1 Å². The number of ether oxygens (including phenoxy) is 1. The number of carbonyl (C=O) groups is 1. The van der Waals surface area contributed by atoms with Crippen molar-refractivity contribution in [2.75, 3.05) is 44.6 Å². The Morgan fingerprint density at radius 1 is 1.14 bits per heavy atom.